The summed E-state index contributed by atoms with van der Waals surface area (Å²) < 4.78 is 0. The molecule has 0 spiro atoms. The second-order valence-electron chi connectivity index (χ2n) is 7.54. The van der Waals surface area contributed by atoms with Gasteiger partial charge in [-0.3, -0.25) is 9.59 Å². The molecular weight excluding hydrogens is 408 g/mol. The van der Waals surface area contributed by atoms with Crippen LogP contribution in [0.2, 0.25) is 0 Å². The lowest BCUT2D eigenvalue weighted by Gasteiger charge is -2.20. The second kappa shape index (κ2) is 9.27. The third kappa shape index (κ3) is 4.75. The number of amides is 2. The van der Waals surface area contributed by atoms with Gasteiger partial charge in [-0.2, -0.15) is 0 Å². The van der Waals surface area contributed by atoms with Crippen molar-refractivity contribution < 1.29 is 14.7 Å². The number of phenolic OH excluding ortho intramolecular Hbond substituents is 1. The summed E-state index contributed by atoms with van der Waals surface area (Å²) in [6.45, 7) is 1.14. The SMILES string of the molecule is CN(Cc1ccc(O)cc1)C(=O)c1ccccc1SCC(=O)N1CCc2ccccc21. The van der Waals surface area contributed by atoms with Crippen LogP contribution in [-0.4, -0.2) is 41.2 Å². The minimum absolute atomic E-state index is 0.0506. The molecule has 3 aromatic rings. The Kier molecular flexibility index (Phi) is 6.28. The highest BCUT2D eigenvalue weighted by atomic mass is 32.2. The number of rotatable bonds is 6. The number of thioether (sulfide) groups is 1. The first-order chi connectivity index (χ1) is 15.0. The molecule has 0 fully saturated rings. The van der Waals surface area contributed by atoms with Crippen LogP contribution in [0.3, 0.4) is 0 Å². The summed E-state index contributed by atoms with van der Waals surface area (Å²) in [6.07, 6.45) is 0.879. The van der Waals surface area contributed by atoms with E-state index in [0.717, 1.165) is 22.6 Å². The molecular formula is C25H24N2O3S. The minimum atomic E-state index is -0.102. The van der Waals surface area contributed by atoms with Crippen molar-refractivity contribution in [3.8, 4) is 5.75 Å². The van der Waals surface area contributed by atoms with Gasteiger partial charge in [-0.25, -0.2) is 0 Å². The fraction of sp³-hybridized carbons (Fsp3) is 0.200. The molecule has 1 N–H and O–H groups in total. The van der Waals surface area contributed by atoms with Crippen molar-refractivity contribution in [3.63, 3.8) is 0 Å². The number of carbonyl (C=O) groups is 2. The van der Waals surface area contributed by atoms with Crippen LogP contribution in [0.1, 0.15) is 21.5 Å². The summed E-state index contributed by atoms with van der Waals surface area (Å²) in [5, 5.41) is 9.44. The summed E-state index contributed by atoms with van der Waals surface area (Å²) >= 11 is 1.40. The van der Waals surface area contributed by atoms with Crippen LogP contribution < -0.4 is 4.90 Å². The van der Waals surface area contributed by atoms with E-state index in [2.05, 4.69) is 6.07 Å². The summed E-state index contributed by atoms with van der Waals surface area (Å²) in [6, 6.07) is 22.2. The van der Waals surface area contributed by atoms with Gasteiger partial charge in [-0.15, -0.1) is 11.8 Å². The first-order valence-electron chi connectivity index (χ1n) is 10.2. The quantitative estimate of drug-likeness (QED) is 0.589. The lowest BCUT2D eigenvalue weighted by molar-refractivity contribution is -0.116. The predicted molar refractivity (Wildman–Crippen MR) is 124 cm³/mol. The number of nitrogens with zero attached hydrogens (tertiary/aromatic N) is 2. The zero-order chi connectivity index (χ0) is 21.8. The Hall–Kier alpha value is -3.25. The lowest BCUT2D eigenvalue weighted by atomic mass is 10.1. The van der Waals surface area contributed by atoms with Crippen LogP contribution in [0.25, 0.3) is 0 Å². The molecule has 1 aliphatic heterocycles. The zero-order valence-corrected chi connectivity index (χ0v) is 18.1. The fourth-order valence-electron chi connectivity index (χ4n) is 3.74. The normalized spacial score (nSPS) is 12.5. The van der Waals surface area contributed by atoms with E-state index in [-0.39, 0.29) is 23.3 Å². The third-order valence-electron chi connectivity index (χ3n) is 5.36. The molecule has 1 aliphatic rings. The van der Waals surface area contributed by atoms with Gasteiger partial charge in [-0.05, 0) is 47.9 Å². The Morgan fingerprint density at radius 2 is 1.71 bits per heavy atom. The van der Waals surface area contributed by atoms with E-state index in [4.69, 9.17) is 0 Å². The molecule has 3 aromatic carbocycles. The number of para-hydroxylation sites is 1. The highest BCUT2D eigenvalue weighted by molar-refractivity contribution is 8.00. The molecule has 6 heteroatoms. The molecule has 31 heavy (non-hydrogen) atoms. The highest BCUT2D eigenvalue weighted by Gasteiger charge is 2.24. The Morgan fingerprint density at radius 3 is 2.52 bits per heavy atom. The van der Waals surface area contributed by atoms with Gasteiger partial charge in [0.2, 0.25) is 5.91 Å². The molecule has 0 radical (unpaired) electrons. The fourth-order valence-corrected chi connectivity index (χ4v) is 4.66. The average molecular weight is 433 g/mol. The van der Waals surface area contributed by atoms with Gasteiger partial charge in [0, 0.05) is 30.7 Å². The van der Waals surface area contributed by atoms with E-state index in [9.17, 15) is 14.7 Å². The van der Waals surface area contributed by atoms with Gasteiger partial charge in [0.15, 0.2) is 0 Å². The van der Waals surface area contributed by atoms with Crippen LogP contribution in [0.15, 0.2) is 77.7 Å². The number of fused-ring (bicyclic) bond motifs is 1. The van der Waals surface area contributed by atoms with Gasteiger partial charge in [-0.1, -0.05) is 42.5 Å². The maximum Gasteiger partial charge on any atom is 0.255 e. The van der Waals surface area contributed by atoms with Crippen LogP contribution in [0.4, 0.5) is 5.69 Å². The molecule has 0 aromatic heterocycles. The lowest BCUT2D eigenvalue weighted by Crippen LogP contribution is -2.30. The smallest absolute Gasteiger partial charge is 0.255 e. The molecule has 0 bridgehead atoms. The van der Waals surface area contributed by atoms with Crippen molar-refractivity contribution in [2.24, 2.45) is 0 Å². The number of hydrogen-bond acceptors (Lipinski definition) is 4. The van der Waals surface area contributed by atoms with E-state index in [0.29, 0.717) is 18.7 Å². The van der Waals surface area contributed by atoms with Crippen LogP contribution in [0, 0.1) is 0 Å². The molecule has 0 unspecified atom stereocenters. The predicted octanol–water partition coefficient (Wildman–Crippen LogP) is 4.35. The Bertz CT molecular complexity index is 1100. The molecule has 5 nitrogen and oxygen atoms in total. The van der Waals surface area contributed by atoms with Crippen molar-refractivity contribution in [3.05, 3.63) is 89.5 Å². The van der Waals surface area contributed by atoms with Crippen molar-refractivity contribution >= 4 is 29.3 Å². The van der Waals surface area contributed by atoms with E-state index in [1.165, 1.54) is 17.3 Å². The van der Waals surface area contributed by atoms with Crippen LogP contribution in [0.5, 0.6) is 5.75 Å². The van der Waals surface area contributed by atoms with Crippen molar-refractivity contribution in [2.45, 2.75) is 17.9 Å². The number of anilines is 1. The topological polar surface area (TPSA) is 60.9 Å². The molecule has 158 valence electrons. The maximum absolute atomic E-state index is 13.1. The summed E-state index contributed by atoms with van der Waals surface area (Å²) in [4.78, 5) is 30.2. The second-order valence-corrected chi connectivity index (χ2v) is 8.55. The third-order valence-corrected chi connectivity index (χ3v) is 6.42. The molecule has 0 saturated carbocycles. The van der Waals surface area contributed by atoms with E-state index in [1.54, 1.807) is 42.3 Å². The Labute approximate surface area is 186 Å². The Morgan fingerprint density at radius 1 is 1.00 bits per heavy atom. The van der Waals surface area contributed by atoms with Gasteiger partial charge < -0.3 is 14.9 Å². The molecule has 4 rings (SSSR count). The summed E-state index contributed by atoms with van der Waals surface area (Å²) in [5.74, 6) is 0.426. The minimum Gasteiger partial charge on any atom is -0.508 e. The van der Waals surface area contributed by atoms with Crippen LogP contribution in [-0.2, 0) is 17.8 Å². The maximum atomic E-state index is 13.1. The van der Waals surface area contributed by atoms with Crippen molar-refractivity contribution in [2.75, 3.05) is 24.2 Å². The first kappa shape index (κ1) is 21.0. The molecule has 1 heterocycles. The zero-order valence-electron chi connectivity index (χ0n) is 17.3. The molecule has 2 amide bonds. The standard InChI is InChI=1S/C25H24N2O3S/c1-26(16-18-10-12-20(28)13-11-18)25(30)21-7-3-5-9-23(21)31-17-24(29)27-15-14-19-6-2-4-8-22(19)27/h2-13,28H,14-17H2,1H3. The largest absolute Gasteiger partial charge is 0.508 e. The Balaban J connectivity index is 1.43. The van der Waals surface area contributed by atoms with Gasteiger partial charge in [0.1, 0.15) is 5.75 Å². The van der Waals surface area contributed by atoms with E-state index in [1.807, 2.05) is 41.3 Å². The molecule has 0 aliphatic carbocycles. The van der Waals surface area contributed by atoms with Crippen LogP contribution >= 0.6 is 11.8 Å². The van der Waals surface area contributed by atoms with Gasteiger partial charge in [0.25, 0.3) is 5.91 Å². The van der Waals surface area contributed by atoms with Gasteiger partial charge >= 0.3 is 0 Å². The average Bonchev–Trinajstić information content (AvgIpc) is 3.23. The molecule has 0 atom stereocenters. The number of hydrogen-bond donors (Lipinski definition) is 1. The number of aromatic hydroxyl groups is 1. The highest BCUT2D eigenvalue weighted by Crippen LogP contribution is 2.30. The molecule has 0 saturated heterocycles. The van der Waals surface area contributed by atoms with Gasteiger partial charge in [0.05, 0.1) is 11.3 Å². The van der Waals surface area contributed by atoms with Crippen molar-refractivity contribution in [1.82, 2.24) is 4.90 Å². The summed E-state index contributed by atoms with van der Waals surface area (Å²) in [7, 11) is 1.75. The summed E-state index contributed by atoms with van der Waals surface area (Å²) in [5.41, 5.74) is 3.71. The first-order valence-corrected chi connectivity index (χ1v) is 11.1. The number of benzene rings is 3. The monoisotopic (exact) mass is 432 g/mol. The van der Waals surface area contributed by atoms with Crippen molar-refractivity contribution in [1.29, 1.82) is 0 Å². The van der Waals surface area contributed by atoms with E-state index >= 15 is 0 Å². The van der Waals surface area contributed by atoms with E-state index < -0.39 is 0 Å². The number of phenols is 1. The number of carbonyl (C=O) groups excluding carboxylic acids is 2.